The molecule has 0 radical (unpaired) electrons. The molecular formula is C3H10N3P. The van der Waals surface area contributed by atoms with Crippen molar-refractivity contribution >= 4 is 13.5 Å². The van der Waals surface area contributed by atoms with E-state index in [9.17, 15) is 0 Å². The third-order valence-corrected chi connectivity index (χ3v) is 1.90. The molecular weight excluding hydrogens is 109 g/mol. The number of hydrogen-bond acceptors (Lipinski definition) is 2. The second-order valence-electron chi connectivity index (χ2n) is 1.15. The first-order valence-electron chi connectivity index (χ1n) is 2.05. The number of rotatable bonds is 1. The second kappa shape index (κ2) is 3.88. The largest absolute Gasteiger partial charge is 0.305 e. The molecule has 0 saturated carbocycles. The molecule has 0 aromatic heterocycles. The summed E-state index contributed by atoms with van der Waals surface area (Å²) in [6.45, 7) is 3.98. The van der Waals surface area contributed by atoms with Gasteiger partial charge in [-0.2, -0.15) is 4.88 Å². The minimum Gasteiger partial charge on any atom is -0.305 e. The molecule has 0 heterocycles. The van der Waals surface area contributed by atoms with Crippen molar-refractivity contribution in [3.63, 3.8) is 0 Å². The van der Waals surface area contributed by atoms with Gasteiger partial charge in [-0.1, -0.05) is 11.0 Å². The van der Waals surface area contributed by atoms with Gasteiger partial charge in [0.25, 0.3) is 0 Å². The van der Waals surface area contributed by atoms with Crippen LogP contribution in [0.2, 0.25) is 0 Å². The highest BCUT2D eigenvalue weighted by Gasteiger charge is 1.70. The third kappa shape index (κ3) is 3.53. The van der Waals surface area contributed by atoms with Crippen molar-refractivity contribution in [1.82, 2.24) is 0 Å². The van der Waals surface area contributed by atoms with Crippen LogP contribution < -0.4 is 5.84 Å². The van der Waals surface area contributed by atoms with Gasteiger partial charge in [0, 0.05) is 7.70 Å². The molecule has 1 unspecified atom stereocenters. The van der Waals surface area contributed by atoms with Gasteiger partial charge in [0.15, 0.2) is 0 Å². The molecule has 0 aromatic carbocycles. The molecule has 7 heavy (non-hydrogen) atoms. The third-order valence-electron chi connectivity index (χ3n) is 0.633. The van der Waals surface area contributed by atoms with E-state index < -0.39 is 7.70 Å². The van der Waals surface area contributed by atoms with Gasteiger partial charge in [-0.3, -0.25) is 0 Å². The molecule has 0 rings (SSSR count). The summed E-state index contributed by atoms with van der Waals surface area (Å²) in [5, 5.41) is 3.15. The normalized spacial score (nSPS) is 15.7. The van der Waals surface area contributed by atoms with Crippen molar-refractivity contribution in [3.8, 4) is 0 Å². The van der Waals surface area contributed by atoms with E-state index in [0.29, 0.717) is 0 Å². The van der Waals surface area contributed by atoms with E-state index in [2.05, 4.69) is 10.1 Å². The molecule has 0 saturated heterocycles. The highest BCUT2D eigenvalue weighted by Crippen LogP contribution is 2.15. The average molecular weight is 119 g/mol. The Morgan fingerprint density at radius 3 is 2.43 bits per heavy atom. The summed E-state index contributed by atoms with van der Waals surface area (Å²) in [6.07, 6.45) is 0. The van der Waals surface area contributed by atoms with Crippen molar-refractivity contribution in [2.24, 2.45) is 16.0 Å². The molecule has 0 aliphatic carbocycles. The van der Waals surface area contributed by atoms with Crippen molar-refractivity contribution in [1.29, 1.82) is 0 Å². The maximum Gasteiger partial charge on any atom is 0.00480 e. The molecule has 0 aliphatic heterocycles. The molecule has 3 nitrogen and oxygen atoms in total. The lowest BCUT2D eigenvalue weighted by atomic mass is 11.0. The number of hydrogen-bond donors (Lipinski definition) is 1. The van der Waals surface area contributed by atoms with Gasteiger partial charge < -0.3 is 5.84 Å². The van der Waals surface area contributed by atoms with Gasteiger partial charge in [0.05, 0.1) is 0 Å². The fraction of sp³-hybridized carbons (Fsp3) is 0.667. The van der Waals surface area contributed by atoms with Crippen LogP contribution in [0.15, 0.2) is 10.1 Å². The lowest BCUT2D eigenvalue weighted by Gasteiger charge is -1.81. The Morgan fingerprint density at radius 2 is 2.29 bits per heavy atom. The number of nitrogens with two attached hydrogens (primary N) is 1. The van der Waals surface area contributed by atoms with Crippen LogP contribution in [0.4, 0.5) is 0 Å². The molecule has 1 atom stereocenters. The summed E-state index contributed by atoms with van der Waals surface area (Å²) in [5.74, 6) is 6.78. The Kier molecular flexibility index (Phi) is 3.71. The van der Waals surface area contributed by atoms with E-state index in [1.54, 1.807) is 0 Å². The van der Waals surface area contributed by atoms with E-state index >= 15 is 0 Å². The van der Waals surface area contributed by atoms with Gasteiger partial charge in [-0.25, -0.2) is 0 Å². The summed E-state index contributed by atoms with van der Waals surface area (Å²) >= 11 is 0. The van der Waals surface area contributed by atoms with E-state index in [-0.39, 0.29) is 0 Å². The first kappa shape index (κ1) is 6.70. The van der Waals surface area contributed by atoms with Gasteiger partial charge in [-0.05, 0) is 13.6 Å². The molecule has 0 bridgehead atoms. The molecule has 0 aromatic rings. The molecule has 0 amide bonds. The van der Waals surface area contributed by atoms with Crippen LogP contribution in [0.3, 0.4) is 0 Å². The predicted molar refractivity (Wildman–Crippen MR) is 35.0 cm³/mol. The van der Waals surface area contributed by atoms with Gasteiger partial charge >= 0.3 is 0 Å². The lowest BCUT2D eigenvalue weighted by Crippen LogP contribution is -1.71. The fourth-order valence-corrected chi connectivity index (χ4v) is 0.446. The fourth-order valence-electron chi connectivity index (χ4n) is 0.149. The van der Waals surface area contributed by atoms with Crippen LogP contribution in [0.25, 0.3) is 0 Å². The van der Waals surface area contributed by atoms with Gasteiger partial charge in [0.2, 0.25) is 0 Å². The van der Waals surface area contributed by atoms with Gasteiger partial charge in [0.1, 0.15) is 0 Å². The second-order valence-corrected chi connectivity index (χ2v) is 3.21. The van der Waals surface area contributed by atoms with Crippen LogP contribution in [-0.2, 0) is 0 Å². The smallest absolute Gasteiger partial charge is 0.00480 e. The first-order chi connectivity index (χ1) is 3.31. The highest BCUT2D eigenvalue weighted by molar-refractivity contribution is 7.54. The standard InChI is InChI=1S/C3H10N3P/c1-3-7(2)6-5-4/h3,7H,1-2H3,(H2,4,6). The van der Waals surface area contributed by atoms with Crippen LogP contribution in [0, 0.1) is 0 Å². The molecule has 0 fully saturated rings. The van der Waals surface area contributed by atoms with Crippen molar-refractivity contribution in [3.05, 3.63) is 0 Å². The maximum absolute atomic E-state index is 4.77. The summed E-state index contributed by atoms with van der Waals surface area (Å²) < 4.78 is 0. The van der Waals surface area contributed by atoms with Crippen LogP contribution >= 0.6 is 7.70 Å². The average Bonchev–Trinajstić information content (AvgIpc) is 1.68. The Bertz CT molecular complexity index is 96.4. The summed E-state index contributed by atoms with van der Waals surface area (Å²) in [4.78, 5) is 3.69. The Balaban J connectivity index is 3.58. The molecule has 0 spiro atoms. The maximum atomic E-state index is 4.77. The van der Waals surface area contributed by atoms with E-state index in [1.807, 2.05) is 19.4 Å². The zero-order valence-electron chi connectivity index (χ0n) is 4.55. The summed E-state index contributed by atoms with van der Waals surface area (Å²) in [7, 11) is -0.672. The SMILES string of the molecule is C/C=[PH](C)\N=N/N. The van der Waals surface area contributed by atoms with Crippen LogP contribution in [0.5, 0.6) is 0 Å². The zero-order valence-corrected chi connectivity index (χ0v) is 5.55. The van der Waals surface area contributed by atoms with Crippen molar-refractivity contribution in [2.75, 3.05) is 6.66 Å². The number of nitrogens with zero attached hydrogens (tertiary/aromatic N) is 2. The zero-order chi connectivity index (χ0) is 5.70. The molecule has 4 heteroatoms. The first-order valence-corrected chi connectivity index (χ1v) is 4.07. The predicted octanol–water partition coefficient (Wildman–Crippen LogP) is 0.893. The quantitative estimate of drug-likeness (QED) is 0.237. The van der Waals surface area contributed by atoms with Crippen LogP contribution in [-0.4, -0.2) is 12.5 Å². The molecule has 2 N–H and O–H groups in total. The molecule has 42 valence electrons. The summed E-state index contributed by atoms with van der Waals surface area (Å²) in [5.41, 5.74) is 0. The minimum absolute atomic E-state index is 0.672. The molecule has 0 aliphatic rings. The van der Waals surface area contributed by atoms with E-state index in [4.69, 9.17) is 5.84 Å². The Labute approximate surface area is 44.0 Å². The minimum atomic E-state index is -0.672. The Morgan fingerprint density at radius 1 is 1.71 bits per heavy atom. The Hall–Kier alpha value is -0.300. The monoisotopic (exact) mass is 119 g/mol. The van der Waals surface area contributed by atoms with Crippen LogP contribution in [0.1, 0.15) is 6.92 Å². The van der Waals surface area contributed by atoms with Crippen molar-refractivity contribution in [2.45, 2.75) is 6.92 Å². The highest BCUT2D eigenvalue weighted by atomic mass is 31.1. The summed E-state index contributed by atoms with van der Waals surface area (Å²) in [6, 6.07) is 0. The topological polar surface area (TPSA) is 50.7 Å². The van der Waals surface area contributed by atoms with E-state index in [1.165, 1.54) is 0 Å². The van der Waals surface area contributed by atoms with Crippen molar-refractivity contribution < 1.29 is 0 Å². The van der Waals surface area contributed by atoms with E-state index in [0.717, 1.165) is 0 Å². The lowest BCUT2D eigenvalue weighted by molar-refractivity contribution is 1.11. The van der Waals surface area contributed by atoms with Gasteiger partial charge in [-0.15, -0.1) is 0 Å².